The van der Waals surface area contributed by atoms with Crippen molar-refractivity contribution in [2.24, 2.45) is 0 Å². The molecule has 2 N–H and O–H groups in total. The number of aromatic nitrogens is 1. The van der Waals surface area contributed by atoms with E-state index in [9.17, 15) is 19.5 Å². The molecule has 0 unspecified atom stereocenters. The van der Waals surface area contributed by atoms with E-state index in [0.717, 1.165) is 11.6 Å². The molecular formula is C17H15Cl2N3O4. The van der Waals surface area contributed by atoms with E-state index in [2.05, 4.69) is 5.32 Å². The third-order valence-electron chi connectivity index (χ3n) is 4.19. The van der Waals surface area contributed by atoms with E-state index in [1.807, 2.05) is 0 Å². The molecule has 1 aromatic heterocycles. The Morgan fingerprint density at radius 2 is 1.92 bits per heavy atom. The van der Waals surface area contributed by atoms with Crippen LogP contribution in [-0.2, 0) is 13.1 Å². The number of halogens is 2. The zero-order valence-corrected chi connectivity index (χ0v) is 15.3. The predicted molar refractivity (Wildman–Crippen MR) is 97.0 cm³/mol. The van der Waals surface area contributed by atoms with E-state index in [1.54, 1.807) is 18.2 Å². The first-order chi connectivity index (χ1) is 12.3. The van der Waals surface area contributed by atoms with Crippen molar-refractivity contribution in [1.29, 1.82) is 0 Å². The van der Waals surface area contributed by atoms with E-state index in [4.69, 9.17) is 23.2 Å². The summed E-state index contributed by atoms with van der Waals surface area (Å²) in [6.45, 7) is 0.797. The number of rotatable bonds is 3. The largest absolute Gasteiger partial charge is 0.503 e. The molecule has 9 heteroatoms. The molecule has 2 heterocycles. The summed E-state index contributed by atoms with van der Waals surface area (Å²) in [5, 5.41) is 13.3. The standard InChI is InChI=1S/C17H15Cl2N3O4/c1-20-16(25)12-7-13(23)15(24)14-17(26)21(4-5-22(12)14)8-9-2-3-10(18)11(19)6-9/h2-3,6-7,24H,4-5,8H2,1H3,(H,20,25). The summed E-state index contributed by atoms with van der Waals surface area (Å²) in [6, 6.07) is 6.05. The van der Waals surface area contributed by atoms with Gasteiger partial charge in [0.2, 0.25) is 5.43 Å². The summed E-state index contributed by atoms with van der Waals surface area (Å²) in [7, 11) is 1.42. The SMILES string of the molecule is CNC(=O)c1cc(=O)c(O)c2n1CCN(Cc1ccc(Cl)c(Cl)c1)C2=O. The Morgan fingerprint density at radius 3 is 2.58 bits per heavy atom. The van der Waals surface area contributed by atoms with Crippen LogP contribution in [0.25, 0.3) is 0 Å². The van der Waals surface area contributed by atoms with Gasteiger partial charge in [0.25, 0.3) is 11.8 Å². The summed E-state index contributed by atoms with van der Waals surface area (Å²) in [5.74, 6) is -1.71. The number of hydrogen-bond acceptors (Lipinski definition) is 4. The van der Waals surface area contributed by atoms with E-state index < -0.39 is 23.0 Å². The van der Waals surface area contributed by atoms with Crippen molar-refractivity contribution in [3.8, 4) is 5.75 Å². The highest BCUT2D eigenvalue weighted by molar-refractivity contribution is 6.42. The second-order valence-electron chi connectivity index (χ2n) is 5.80. The van der Waals surface area contributed by atoms with Gasteiger partial charge >= 0.3 is 0 Å². The van der Waals surface area contributed by atoms with Gasteiger partial charge in [0.05, 0.1) is 10.0 Å². The maximum absolute atomic E-state index is 12.8. The first kappa shape index (κ1) is 18.3. The fraction of sp³-hybridized carbons (Fsp3) is 0.235. The lowest BCUT2D eigenvalue weighted by Gasteiger charge is -2.31. The predicted octanol–water partition coefficient (Wildman–Crippen LogP) is 1.88. The number of aromatic hydroxyl groups is 1. The van der Waals surface area contributed by atoms with Crippen LogP contribution in [0, 0.1) is 0 Å². The summed E-state index contributed by atoms with van der Waals surface area (Å²) >= 11 is 11.9. The third kappa shape index (κ3) is 3.15. The summed E-state index contributed by atoms with van der Waals surface area (Å²) in [5.41, 5.74) is -0.180. The number of carbonyl (C=O) groups excluding carboxylic acids is 2. The molecule has 0 fully saturated rings. The lowest BCUT2D eigenvalue weighted by Crippen LogP contribution is -2.43. The molecule has 3 rings (SSSR count). The quantitative estimate of drug-likeness (QED) is 0.829. The molecule has 26 heavy (non-hydrogen) atoms. The van der Waals surface area contributed by atoms with Crippen molar-refractivity contribution >= 4 is 35.0 Å². The number of pyridine rings is 1. The first-order valence-electron chi connectivity index (χ1n) is 7.75. The van der Waals surface area contributed by atoms with Crippen molar-refractivity contribution in [3.05, 3.63) is 61.5 Å². The van der Waals surface area contributed by atoms with Gasteiger partial charge in [-0.15, -0.1) is 0 Å². The zero-order valence-electron chi connectivity index (χ0n) is 13.8. The maximum atomic E-state index is 12.8. The second kappa shape index (κ2) is 7.01. The Labute approximate surface area is 158 Å². The Morgan fingerprint density at radius 1 is 1.19 bits per heavy atom. The maximum Gasteiger partial charge on any atom is 0.274 e. The van der Waals surface area contributed by atoms with Crippen LogP contribution < -0.4 is 10.7 Å². The van der Waals surface area contributed by atoms with Crippen molar-refractivity contribution in [2.45, 2.75) is 13.1 Å². The number of benzene rings is 1. The molecule has 0 radical (unpaired) electrons. The highest BCUT2D eigenvalue weighted by Crippen LogP contribution is 2.26. The molecule has 7 nitrogen and oxygen atoms in total. The fourth-order valence-electron chi connectivity index (χ4n) is 2.88. The molecule has 2 amide bonds. The Balaban J connectivity index is 1.99. The normalized spacial score (nSPS) is 13.5. The second-order valence-corrected chi connectivity index (χ2v) is 6.61. The molecule has 0 saturated carbocycles. The number of nitrogens with zero attached hydrogens (tertiary/aromatic N) is 2. The van der Waals surface area contributed by atoms with Gasteiger partial charge < -0.3 is 19.9 Å². The Kier molecular flexibility index (Phi) is 4.93. The molecule has 0 aliphatic carbocycles. The molecule has 2 aromatic rings. The lowest BCUT2D eigenvalue weighted by atomic mass is 10.1. The van der Waals surface area contributed by atoms with Gasteiger partial charge in [0.1, 0.15) is 5.69 Å². The molecule has 0 spiro atoms. The highest BCUT2D eigenvalue weighted by atomic mass is 35.5. The van der Waals surface area contributed by atoms with Gasteiger partial charge in [-0.3, -0.25) is 14.4 Å². The summed E-state index contributed by atoms with van der Waals surface area (Å²) in [4.78, 5) is 38.3. The Hall–Kier alpha value is -2.51. The van der Waals surface area contributed by atoms with Crippen LogP contribution in [0.3, 0.4) is 0 Å². The Bertz CT molecular complexity index is 971. The van der Waals surface area contributed by atoms with Crippen molar-refractivity contribution in [1.82, 2.24) is 14.8 Å². The van der Waals surface area contributed by atoms with Crippen LogP contribution in [0.1, 0.15) is 26.5 Å². The number of carbonyl (C=O) groups is 2. The van der Waals surface area contributed by atoms with Crippen LogP contribution >= 0.6 is 23.2 Å². The van der Waals surface area contributed by atoms with Gasteiger partial charge in [0.15, 0.2) is 11.4 Å². The van der Waals surface area contributed by atoms with Crippen LogP contribution in [0.5, 0.6) is 5.75 Å². The summed E-state index contributed by atoms with van der Waals surface area (Å²) < 4.78 is 1.36. The van der Waals surface area contributed by atoms with Gasteiger partial charge in [0, 0.05) is 32.7 Å². The van der Waals surface area contributed by atoms with Gasteiger partial charge in [-0.2, -0.15) is 0 Å². The van der Waals surface area contributed by atoms with Crippen LogP contribution in [0.4, 0.5) is 0 Å². The average Bonchev–Trinajstić information content (AvgIpc) is 2.62. The van der Waals surface area contributed by atoms with Crippen LogP contribution in [-0.4, -0.2) is 40.0 Å². The number of hydrogen-bond donors (Lipinski definition) is 2. The number of nitrogens with one attached hydrogen (secondary N) is 1. The fourth-order valence-corrected chi connectivity index (χ4v) is 3.20. The average molecular weight is 396 g/mol. The van der Waals surface area contributed by atoms with E-state index in [0.29, 0.717) is 16.6 Å². The van der Waals surface area contributed by atoms with Gasteiger partial charge in [-0.05, 0) is 17.7 Å². The minimum absolute atomic E-state index is 0.0350. The van der Waals surface area contributed by atoms with Crippen molar-refractivity contribution in [3.63, 3.8) is 0 Å². The van der Waals surface area contributed by atoms with Crippen molar-refractivity contribution in [2.75, 3.05) is 13.6 Å². The van der Waals surface area contributed by atoms with Gasteiger partial charge in [-0.25, -0.2) is 0 Å². The molecule has 136 valence electrons. The smallest absolute Gasteiger partial charge is 0.274 e. The van der Waals surface area contributed by atoms with E-state index in [1.165, 1.54) is 16.5 Å². The molecule has 1 aromatic carbocycles. The van der Waals surface area contributed by atoms with Crippen molar-refractivity contribution < 1.29 is 14.7 Å². The zero-order chi connectivity index (χ0) is 19.0. The molecule has 0 saturated heterocycles. The monoisotopic (exact) mass is 395 g/mol. The minimum Gasteiger partial charge on any atom is -0.503 e. The first-order valence-corrected chi connectivity index (χ1v) is 8.51. The van der Waals surface area contributed by atoms with Crippen LogP contribution in [0.2, 0.25) is 10.0 Å². The molecule has 1 aliphatic rings. The molecular weight excluding hydrogens is 381 g/mol. The number of fused-ring (bicyclic) bond motifs is 1. The topological polar surface area (TPSA) is 91.6 Å². The molecule has 1 aliphatic heterocycles. The summed E-state index contributed by atoms with van der Waals surface area (Å²) in [6.07, 6.45) is 0. The lowest BCUT2D eigenvalue weighted by molar-refractivity contribution is 0.0680. The van der Waals surface area contributed by atoms with E-state index >= 15 is 0 Å². The van der Waals surface area contributed by atoms with Gasteiger partial charge in [-0.1, -0.05) is 29.3 Å². The minimum atomic E-state index is -0.778. The third-order valence-corrected chi connectivity index (χ3v) is 4.93. The van der Waals surface area contributed by atoms with Crippen LogP contribution in [0.15, 0.2) is 29.1 Å². The number of amides is 2. The molecule has 0 atom stereocenters. The van der Waals surface area contributed by atoms with E-state index in [-0.39, 0.29) is 24.5 Å². The highest BCUT2D eigenvalue weighted by Gasteiger charge is 2.31. The molecule has 0 bridgehead atoms.